The van der Waals surface area contributed by atoms with E-state index in [-0.39, 0.29) is 46.3 Å². The van der Waals surface area contributed by atoms with Crippen molar-refractivity contribution in [1.29, 1.82) is 0 Å². The number of aromatic nitrogens is 1. The lowest BCUT2D eigenvalue weighted by atomic mass is 9.59. The molecule has 1 aliphatic heterocycles. The summed E-state index contributed by atoms with van der Waals surface area (Å²) >= 11 is 6.21. The lowest BCUT2D eigenvalue weighted by Gasteiger charge is -2.42. The fourth-order valence-corrected chi connectivity index (χ4v) is 7.69. The third-order valence-corrected chi connectivity index (χ3v) is 9.81. The van der Waals surface area contributed by atoms with Crippen LogP contribution in [-0.4, -0.2) is 45.5 Å². The van der Waals surface area contributed by atoms with Gasteiger partial charge in [0.2, 0.25) is 0 Å². The van der Waals surface area contributed by atoms with E-state index in [0.29, 0.717) is 33.5 Å². The molecule has 234 valence electrons. The van der Waals surface area contributed by atoms with Crippen LogP contribution >= 0.6 is 11.6 Å². The van der Waals surface area contributed by atoms with Crippen molar-refractivity contribution in [2.75, 3.05) is 12.1 Å². The summed E-state index contributed by atoms with van der Waals surface area (Å²) in [6.45, 7) is 1.58. The third-order valence-electron chi connectivity index (χ3n) is 9.51. The number of carbonyl (C=O) groups is 4. The highest BCUT2D eigenvalue weighted by Gasteiger charge is 2.57. The first-order valence-electron chi connectivity index (χ1n) is 14.6. The second kappa shape index (κ2) is 10.4. The molecule has 7 rings (SSSR count). The number of allylic oxidation sites excluding steroid dienone is 6. The molecule has 2 aromatic carbocycles. The van der Waals surface area contributed by atoms with E-state index < -0.39 is 53.2 Å². The lowest BCUT2D eigenvalue weighted by molar-refractivity contribution is -0.141. The molecule has 0 bridgehead atoms. The molecule has 3 aliphatic carbocycles. The average Bonchev–Trinajstić information content (AvgIpc) is 3.28. The van der Waals surface area contributed by atoms with Gasteiger partial charge in [0, 0.05) is 35.1 Å². The minimum atomic E-state index is -4.79. The van der Waals surface area contributed by atoms with E-state index in [0.717, 1.165) is 16.1 Å². The summed E-state index contributed by atoms with van der Waals surface area (Å²) in [4.78, 5) is 58.8. The number of imide groups is 1. The molecule has 0 radical (unpaired) electrons. The number of halogens is 4. The van der Waals surface area contributed by atoms with Crippen molar-refractivity contribution in [3.8, 4) is 5.75 Å². The number of amides is 2. The molecule has 3 aromatic rings. The Morgan fingerprint density at radius 2 is 1.70 bits per heavy atom. The Hall–Kier alpha value is -4.77. The van der Waals surface area contributed by atoms with Crippen LogP contribution in [0.2, 0.25) is 5.02 Å². The Balaban J connectivity index is 1.35. The van der Waals surface area contributed by atoms with Gasteiger partial charge in [-0.15, -0.1) is 0 Å². The number of hydrogen-bond acceptors (Lipinski definition) is 7. The average molecular weight is 648 g/mol. The maximum Gasteiger partial charge on any atom is 0.433 e. The van der Waals surface area contributed by atoms with Gasteiger partial charge in [-0.3, -0.25) is 24.2 Å². The molecular formula is C34H25ClF3N3O5. The Morgan fingerprint density at radius 3 is 2.41 bits per heavy atom. The number of alkyl halides is 3. The molecule has 4 aliphatic rings. The first-order valence-corrected chi connectivity index (χ1v) is 14.9. The van der Waals surface area contributed by atoms with Crippen LogP contribution in [0, 0.1) is 17.8 Å². The van der Waals surface area contributed by atoms with Crippen LogP contribution in [0.4, 0.5) is 19.0 Å². The van der Waals surface area contributed by atoms with Crippen LogP contribution in [0.15, 0.2) is 83.0 Å². The molecule has 2 heterocycles. The Labute approximate surface area is 265 Å². The van der Waals surface area contributed by atoms with Crippen molar-refractivity contribution in [2.45, 2.75) is 31.9 Å². The van der Waals surface area contributed by atoms with Crippen LogP contribution < -0.4 is 5.01 Å². The molecule has 1 fully saturated rings. The van der Waals surface area contributed by atoms with Gasteiger partial charge < -0.3 is 5.11 Å². The Morgan fingerprint density at radius 1 is 0.978 bits per heavy atom. The van der Waals surface area contributed by atoms with Crippen molar-refractivity contribution >= 4 is 51.6 Å². The van der Waals surface area contributed by atoms with E-state index in [4.69, 9.17) is 11.6 Å². The molecular weight excluding hydrogens is 623 g/mol. The quantitative estimate of drug-likeness (QED) is 0.208. The van der Waals surface area contributed by atoms with Gasteiger partial charge in [0.05, 0.1) is 16.9 Å². The van der Waals surface area contributed by atoms with Crippen LogP contribution in [0.1, 0.15) is 36.9 Å². The number of Topliss-reactive ketones (excluding diaryl/α,β-unsaturated/α-hetero) is 1. The summed E-state index contributed by atoms with van der Waals surface area (Å²) < 4.78 is 40.5. The number of phenolic OH excluding ortho intramolecular Hbond substituents is 1. The van der Waals surface area contributed by atoms with Crippen LogP contribution in [0.3, 0.4) is 0 Å². The predicted molar refractivity (Wildman–Crippen MR) is 161 cm³/mol. The van der Waals surface area contributed by atoms with Crippen molar-refractivity contribution in [3.63, 3.8) is 0 Å². The van der Waals surface area contributed by atoms with E-state index in [1.165, 1.54) is 19.2 Å². The number of aromatic hydroxyl groups is 1. The van der Waals surface area contributed by atoms with Gasteiger partial charge >= 0.3 is 6.18 Å². The first kappa shape index (κ1) is 29.9. The summed E-state index contributed by atoms with van der Waals surface area (Å²) in [5.74, 6) is -5.55. The number of fused-ring (bicyclic) bond motifs is 4. The van der Waals surface area contributed by atoms with Crippen LogP contribution in [0.25, 0.3) is 10.8 Å². The van der Waals surface area contributed by atoms with Crippen molar-refractivity contribution in [1.82, 2.24) is 9.99 Å². The maximum absolute atomic E-state index is 14.2. The standard InChI is InChI=1S/C34H25ClF3N3O5/c1-15-13-25(43)22-14-21-19(27(29(22)30(15)44)18-9-11-24(42)17-6-4-3-5-16(17)18)7-8-20-28(21)33(46)41(32(20)45)40(2)31-23(35)10-12-26(39-31)34(36,37)38/h3-7,9-13,20-21,27-28,42H,8,14H2,1-2H3. The number of hydrogen-bond donors (Lipinski definition) is 1. The molecule has 1 aromatic heterocycles. The van der Waals surface area contributed by atoms with E-state index in [9.17, 15) is 37.5 Å². The molecule has 4 unspecified atom stereocenters. The van der Waals surface area contributed by atoms with Crippen molar-refractivity contribution in [3.05, 3.63) is 99.3 Å². The number of rotatable bonds is 3. The zero-order chi connectivity index (χ0) is 32.8. The highest BCUT2D eigenvalue weighted by molar-refractivity contribution is 6.33. The molecule has 2 amide bonds. The van der Waals surface area contributed by atoms with Gasteiger partial charge in [-0.2, -0.15) is 18.2 Å². The van der Waals surface area contributed by atoms with Gasteiger partial charge in [-0.05, 0) is 60.9 Å². The van der Waals surface area contributed by atoms with Gasteiger partial charge in [0.1, 0.15) is 11.4 Å². The lowest BCUT2D eigenvalue weighted by Crippen LogP contribution is -2.46. The van der Waals surface area contributed by atoms with E-state index >= 15 is 0 Å². The zero-order valence-electron chi connectivity index (χ0n) is 24.4. The number of nitrogens with zero attached hydrogens (tertiary/aromatic N) is 3. The second-order valence-corrected chi connectivity index (χ2v) is 12.4. The summed E-state index contributed by atoms with van der Waals surface area (Å²) in [5, 5.41) is 13.4. The number of hydrazine groups is 1. The predicted octanol–water partition coefficient (Wildman–Crippen LogP) is 6.09. The summed E-state index contributed by atoms with van der Waals surface area (Å²) in [6, 6.07) is 12.1. The Kier molecular flexibility index (Phi) is 6.75. The molecule has 1 N–H and O–H groups in total. The molecule has 1 saturated heterocycles. The van der Waals surface area contributed by atoms with E-state index in [2.05, 4.69) is 4.98 Å². The monoisotopic (exact) mass is 647 g/mol. The third kappa shape index (κ3) is 4.32. The minimum absolute atomic E-state index is 0.0301. The molecule has 46 heavy (non-hydrogen) atoms. The Bertz CT molecular complexity index is 2020. The molecule has 0 saturated carbocycles. The smallest absolute Gasteiger partial charge is 0.433 e. The van der Waals surface area contributed by atoms with E-state index in [1.807, 2.05) is 12.1 Å². The number of carbonyl (C=O) groups excluding carboxylic acids is 4. The number of ketones is 2. The maximum atomic E-state index is 14.2. The second-order valence-electron chi connectivity index (χ2n) is 12.0. The number of pyridine rings is 1. The molecule has 8 nitrogen and oxygen atoms in total. The fraction of sp³-hybridized carbons (Fsp3) is 0.265. The fourth-order valence-electron chi connectivity index (χ4n) is 7.46. The van der Waals surface area contributed by atoms with Gasteiger partial charge in [0.25, 0.3) is 11.8 Å². The van der Waals surface area contributed by atoms with Gasteiger partial charge in [-0.25, -0.2) is 4.98 Å². The molecule has 12 heteroatoms. The molecule has 4 atom stereocenters. The van der Waals surface area contributed by atoms with Crippen LogP contribution in [-0.2, 0) is 25.4 Å². The normalized spacial score (nSPS) is 24.5. The van der Waals surface area contributed by atoms with Crippen molar-refractivity contribution < 1.29 is 37.5 Å². The topological polar surface area (TPSA) is 108 Å². The number of benzene rings is 2. The summed E-state index contributed by atoms with van der Waals surface area (Å²) in [7, 11) is 1.25. The number of phenols is 1. The zero-order valence-corrected chi connectivity index (χ0v) is 25.2. The molecule has 0 spiro atoms. The summed E-state index contributed by atoms with van der Waals surface area (Å²) in [5.41, 5.74) is 0.987. The highest BCUT2D eigenvalue weighted by Crippen LogP contribution is 2.56. The summed E-state index contributed by atoms with van der Waals surface area (Å²) in [6.07, 6.45) is -1.50. The number of anilines is 1. The minimum Gasteiger partial charge on any atom is -0.507 e. The van der Waals surface area contributed by atoms with Crippen LogP contribution in [0.5, 0.6) is 5.75 Å². The first-order chi connectivity index (χ1) is 21.8. The van der Waals surface area contributed by atoms with Crippen molar-refractivity contribution in [2.24, 2.45) is 17.8 Å². The van der Waals surface area contributed by atoms with E-state index in [1.54, 1.807) is 31.2 Å². The largest absolute Gasteiger partial charge is 0.507 e. The van der Waals surface area contributed by atoms with Gasteiger partial charge in [0.15, 0.2) is 17.4 Å². The van der Waals surface area contributed by atoms with Gasteiger partial charge in [-0.1, -0.05) is 53.6 Å². The highest BCUT2D eigenvalue weighted by atomic mass is 35.5. The SMILES string of the molecule is CC1=CC(=O)C2=C(C1=O)C(c1ccc(O)c3ccccc13)C1=CCC3C(=O)N(N(C)c4nc(C(F)(F)F)ccc4Cl)C(=O)C3C1C2.